The van der Waals surface area contributed by atoms with Crippen LogP contribution in [0.3, 0.4) is 0 Å². The summed E-state index contributed by atoms with van der Waals surface area (Å²) in [6, 6.07) is 3.53. The van der Waals surface area contributed by atoms with Gasteiger partial charge >= 0.3 is 0 Å². The second-order valence-corrected chi connectivity index (χ2v) is 4.66. The Morgan fingerprint density at radius 1 is 1.40 bits per heavy atom. The van der Waals surface area contributed by atoms with Crippen LogP contribution in [0, 0.1) is 0 Å². The number of benzene rings is 1. The van der Waals surface area contributed by atoms with E-state index in [0.29, 0.717) is 21.5 Å². The van der Waals surface area contributed by atoms with Crippen molar-refractivity contribution in [3.63, 3.8) is 0 Å². The van der Waals surface area contributed by atoms with E-state index in [1.54, 1.807) is 12.1 Å². The number of carbonyl (C=O) groups excluding carboxylic acids is 1. The standard InChI is InChI=1S/C10H10Cl2O2S/c1-6(13)5-15-8-4-3-7(14-2)9(11)10(8)12/h3-4H,5H2,1-2H3. The van der Waals surface area contributed by atoms with Gasteiger partial charge in [0, 0.05) is 4.90 Å². The Hall–Kier alpha value is -0.380. The summed E-state index contributed by atoms with van der Waals surface area (Å²) in [5, 5.41) is 0.815. The predicted molar refractivity (Wildman–Crippen MR) is 64.4 cm³/mol. The molecule has 5 heteroatoms. The van der Waals surface area contributed by atoms with Gasteiger partial charge in [-0.25, -0.2) is 0 Å². The molecule has 0 radical (unpaired) electrons. The molecule has 0 heterocycles. The van der Waals surface area contributed by atoms with Crippen LogP contribution in [-0.2, 0) is 4.79 Å². The molecule has 0 fully saturated rings. The average Bonchev–Trinajstić information content (AvgIpc) is 2.20. The highest BCUT2D eigenvalue weighted by Crippen LogP contribution is 2.38. The van der Waals surface area contributed by atoms with Crippen molar-refractivity contribution in [2.24, 2.45) is 0 Å². The lowest BCUT2D eigenvalue weighted by atomic mass is 10.3. The van der Waals surface area contributed by atoms with E-state index in [0.717, 1.165) is 4.90 Å². The Balaban J connectivity index is 2.91. The minimum atomic E-state index is 0.100. The fraction of sp³-hybridized carbons (Fsp3) is 0.300. The van der Waals surface area contributed by atoms with Crippen molar-refractivity contribution in [3.8, 4) is 5.75 Å². The highest BCUT2D eigenvalue weighted by molar-refractivity contribution is 8.00. The molecule has 0 aliphatic carbocycles. The van der Waals surface area contributed by atoms with Gasteiger partial charge in [-0.2, -0.15) is 0 Å². The SMILES string of the molecule is COc1ccc(SCC(C)=O)c(Cl)c1Cl. The van der Waals surface area contributed by atoms with E-state index in [2.05, 4.69) is 0 Å². The molecule has 0 amide bonds. The monoisotopic (exact) mass is 264 g/mol. The summed E-state index contributed by atoms with van der Waals surface area (Å²) in [5.74, 6) is 1.03. The minimum absolute atomic E-state index is 0.100. The average molecular weight is 265 g/mol. The summed E-state index contributed by atoms with van der Waals surface area (Å²) in [6.45, 7) is 1.53. The van der Waals surface area contributed by atoms with Gasteiger partial charge in [-0.3, -0.25) is 4.79 Å². The minimum Gasteiger partial charge on any atom is -0.495 e. The molecule has 0 N–H and O–H groups in total. The number of rotatable bonds is 4. The molecule has 0 aromatic heterocycles. The van der Waals surface area contributed by atoms with E-state index < -0.39 is 0 Å². The van der Waals surface area contributed by atoms with Crippen LogP contribution in [0.15, 0.2) is 17.0 Å². The second-order valence-electron chi connectivity index (χ2n) is 2.88. The normalized spacial score (nSPS) is 10.1. The Morgan fingerprint density at radius 2 is 2.07 bits per heavy atom. The molecule has 0 spiro atoms. The number of methoxy groups -OCH3 is 1. The maximum Gasteiger partial charge on any atom is 0.140 e. The smallest absolute Gasteiger partial charge is 0.140 e. The molecular formula is C10H10Cl2O2S. The number of ketones is 1. The summed E-state index contributed by atoms with van der Waals surface area (Å²) in [7, 11) is 1.53. The van der Waals surface area contributed by atoms with E-state index in [-0.39, 0.29) is 5.78 Å². The molecule has 0 unspecified atom stereocenters. The first-order valence-electron chi connectivity index (χ1n) is 4.20. The molecule has 15 heavy (non-hydrogen) atoms. The number of hydrogen-bond acceptors (Lipinski definition) is 3. The van der Waals surface area contributed by atoms with Crippen LogP contribution >= 0.6 is 35.0 Å². The van der Waals surface area contributed by atoms with E-state index in [9.17, 15) is 4.79 Å². The first-order chi connectivity index (χ1) is 7.06. The number of hydrogen-bond donors (Lipinski definition) is 0. The lowest BCUT2D eigenvalue weighted by Gasteiger charge is -2.08. The van der Waals surface area contributed by atoms with Gasteiger partial charge in [0.15, 0.2) is 0 Å². The van der Waals surface area contributed by atoms with Crippen molar-refractivity contribution in [2.45, 2.75) is 11.8 Å². The third kappa shape index (κ3) is 3.30. The lowest BCUT2D eigenvalue weighted by Crippen LogP contribution is -1.93. The molecule has 0 saturated heterocycles. The molecule has 0 bridgehead atoms. The predicted octanol–water partition coefficient (Wildman–Crippen LogP) is 3.68. The van der Waals surface area contributed by atoms with Crippen molar-refractivity contribution in [3.05, 3.63) is 22.2 Å². The van der Waals surface area contributed by atoms with Crippen LogP contribution in [0.4, 0.5) is 0 Å². The van der Waals surface area contributed by atoms with Crippen LogP contribution in [-0.4, -0.2) is 18.6 Å². The summed E-state index contributed by atoms with van der Waals surface area (Å²) in [6.07, 6.45) is 0. The van der Waals surface area contributed by atoms with Gasteiger partial charge in [0.05, 0.1) is 17.9 Å². The topological polar surface area (TPSA) is 26.3 Å². The van der Waals surface area contributed by atoms with Crippen LogP contribution < -0.4 is 4.74 Å². The first kappa shape index (κ1) is 12.7. The summed E-state index contributed by atoms with van der Waals surface area (Å²) < 4.78 is 5.01. The van der Waals surface area contributed by atoms with Crippen molar-refractivity contribution in [1.82, 2.24) is 0 Å². The fourth-order valence-corrected chi connectivity index (χ4v) is 2.33. The number of ether oxygens (including phenoxy) is 1. The van der Waals surface area contributed by atoms with Crippen LogP contribution in [0.2, 0.25) is 10.0 Å². The molecule has 1 rings (SSSR count). The number of thioether (sulfide) groups is 1. The highest BCUT2D eigenvalue weighted by atomic mass is 35.5. The van der Waals surface area contributed by atoms with Gasteiger partial charge in [-0.05, 0) is 19.1 Å². The van der Waals surface area contributed by atoms with Crippen LogP contribution in [0.1, 0.15) is 6.92 Å². The molecule has 0 aliphatic heterocycles. The van der Waals surface area contributed by atoms with E-state index >= 15 is 0 Å². The van der Waals surface area contributed by atoms with Crippen LogP contribution in [0.5, 0.6) is 5.75 Å². The third-order valence-corrected chi connectivity index (χ3v) is 3.84. The summed E-state index contributed by atoms with van der Waals surface area (Å²) >= 11 is 13.3. The largest absolute Gasteiger partial charge is 0.495 e. The maximum atomic E-state index is 10.8. The molecule has 82 valence electrons. The maximum absolute atomic E-state index is 10.8. The van der Waals surface area contributed by atoms with Crippen molar-refractivity contribution in [1.29, 1.82) is 0 Å². The van der Waals surface area contributed by atoms with Crippen molar-refractivity contribution in [2.75, 3.05) is 12.9 Å². The Kier molecular flexibility index (Phi) is 4.77. The van der Waals surface area contributed by atoms with E-state index in [4.69, 9.17) is 27.9 Å². The quantitative estimate of drug-likeness (QED) is 0.777. The van der Waals surface area contributed by atoms with E-state index in [1.807, 2.05) is 0 Å². The van der Waals surface area contributed by atoms with Gasteiger partial charge in [0.25, 0.3) is 0 Å². The van der Waals surface area contributed by atoms with Crippen molar-refractivity contribution >= 4 is 40.7 Å². The molecule has 0 aliphatic rings. The molecular weight excluding hydrogens is 255 g/mol. The van der Waals surface area contributed by atoms with Gasteiger partial charge in [0.2, 0.25) is 0 Å². The van der Waals surface area contributed by atoms with Gasteiger partial charge < -0.3 is 4.74 Å². The Labute approximate surface area is 103 Å². The summed E-state index contributed by atoms with van der Waals surface area (Å²) in [5.41, 5.74) is 0. The van der Waals surface area contributed by atoms with E-state index in [1.165, 1.54) is 25.8 Å². The first-order valence-corrected chi connectivity index (χ1v) is 5.94. The molecule has 0 saturated carbocycles. The summed E-state index contributed by atoms with van der Waals surface area (Å²) in [4.78, 5) is 11.6. The molecule has 0 atom stereocenters. The van der Waals surface area contributed by atoms with Crippen molar-refractivity contribution < 1.29 is 9.53 Å². The Morgan fingerprint density at radius 3 is 2.60 bits per heavy atom. The number of Topliss-reactive ketones (excluding diaryl/α,β-unsaturated/α-hetero) is 1. The zero-order valence-corrected chi connectivity index (χ0v) is 10.7. The van der Waals surface area contributed by atoms with Gasteiger partial charge in [-0.1, -0.05) is 23.2 Å². The zero-order valence-electron chi connectivity index (χ0n) is 8.34. The molecule has 1 aromatic carbocycles. The number of carbonyl (C=O) groups is 1. The molecule has 2 nitrogen and oxygen atoms in total. The second kappa shape index (κ2) is 5.64. The third-order valence-electron chi connectivity index (χ3n) is 1.66. The zero-order chi connectivity index (χ0) is 11.4. The Bertz CT molecular complexity index is 380. The van der Waals surface area contributed by atoms with Crippen LogP contribution in [0.25, 0.3) is 0 Å². The fourth-order valence-electron chi connectivity index (χ4n) is 0.963. The number of halogens is 2. The lowest BCUT2D eigenvalue weighted by molar-refractivity contribution is -0.114. The van der Waals surface area contributed by atoms with Gasteiger partial charge in [-0.15, -0.1) is 11.8 Å². The van der Waals surface area contributed by atoms with Gasteiger partial charge in [0.1, 0.15) is 16.6 Å². The highest BCUT2D eigenvalue weighted by Gasteiger charge is 2.11. The molecule has 1 aromatic rings.